The molecule has 0 aliphatic heterocycles. The Morgan fingerprint density at radius 1 is 1.56 bits per heavy atom. The van der Waals surface area contributed by atoms with E-state index in [4.69, 9.17) is 4.42 Å². The van der Waals surface area contributed by atoms with Crippen molar-refractivity contribution in [3.8, 4) is 10.8 Å². The highest BCUT2D eigenvalue weighted by Crippen LogP contribution is 2.26. The smallest absolute Gasteiger partial charge is 0.236 e. The van der Waals surface area contributed by atoms with Crippen molar-refractivity contribution in [2.24, 2.45) is 5.92 Å². The minimum absolute atomic E-state index is 0.141. The maximum Gasteiger partial charge on any atom is 0.236 e. The van der Waals surface area contributed by atoms with Crippen LogP contribution in [0.5, 0.6) is 0 Å². The maximum atomic E-state index is 11.7. The minimum Gasteiger partial charge on any atom is -0.443 e. The fourth-order valence-corrected chi connectivity index (χ4v) is 2.55. The number of thiophene rings is 1. The number of amides is 1. The van der Waals surface area contributed by atoms with Crippen molar-refractivity contribution < 1.29 is 9.21 Å². The van der Waals surface area contributed by atoms with Gasteiger partial charge >= 0.3 is 0 Å². The first-order chi connectivity index (χ1) is 8.83. The van der Waals surface area contributed by atoms with Crippen molar-refractivity contribution in [2.75, 3.05) is 0 Å². The molecule has 5 heteroatoms. The molecule has 2 aromatic heterocycles. The number of carbonyl (C=O) groups is 1. The lowest BCUT2D eigenvalue weighted by atomic mass is 9.85. The zero-order valence-corrected chi connectivity index (χ0v) is 10.7. The van der Waals surface area contributed by atoms with Crippen LogP contribution in [0.4, 0.5) is 0 Å². The van der Waals surface area contributed by atoms with Crippen LogP contribution in [0.2, 0.25) is 0 Å². The van der Waals surface area contributed by atoms with E-state index >= 15 is 0 Å². The summed E-state index contributed by atoms with van der Waals surface area (Å²) in [5.74, 6) is 0.980. The number of nitrogens with zero attached hydrogens (tertiary/aromatic N) is 1. The van der Waals surface area contributed by atoms with Crippen LogP contribution in [0.25, 0.3) is 10.8 Å². The van der Waals surface area contributed by atoms with E-state index in [1.54, 1.807) is 17.6 Å². The molecule has 0 atom stereocenters. The first kappa shape index (κ1) is 11.5. The van der Waals surface area contributed by atoms with Crippen molar-refractivity contribution in [3.63, 3.8) is 0 Å². The van der Waals surface area contributed by atoms with E-state index in [0.717, 1.165) is 23.4 Å². The van der Waals surface area contributed by atoms with E-state index in [1.807, 2.05) is 17.5 Å². The van der Waals surface area contributed by atoms with E-state index in [0.29, 0.717) is 12.4 Å². The molecule has 1 aliphatic carbocycles. The molecule has 1 N–H and O–H groups in total. The Balaban J connectivity index is 1.58. The Labute approximate surface area is 109 Å². The molecule has 4 nitrogen and oxygen atoms in total. The van der Waals surface area contributed by atoms with Crippen LogP contribution in [-0.4, -0.2) is 10.9 Å². The van der Waals surface area contributed by atoms with E-state index in [-0.39, 0.29) is 11.8 Å². The summed E-state index contributed by atoms with van der Waals surface area (Å²) in [6.07, 6.45) is 4.82. The van der Waals surface area contributed by atoms with E-state index in [2.05, 4.69) is 10.3 Å². The van der Waals surface area contributed by atoms with Gasteiger partial charge in [-0.2, -0.15) is 0 Å². The van der Waals surface area contributed by atoms with Crippen LogP contribution in [0.3, 0.4) is 0 Å². The van der Waals surface area contributed by atoms with Gasteiger partial charge in [-0.25, -0.2) is 4.98 Å². The molecule has 0 bridgehead atoms. The summed E-state index contributed by atoms with van der Waals surface area (Å²) in [5.41, 5.74) is 0.770. The van der Waals surface area contributed by atoms with Gasteiger partial charge in [-0.1, -0.05) is 12.5 Å². The Hall–Kier alpha value is -1.62. The number of aromatic nitrogens is 1. The number of oxazole rings is 1. The summed E-state index contributed by atoms with van der Waals surface area (Å²) in [4.78, 5) is 17.0. The van der Waals surface area contributed by atoms with Crippen LogP contribution in [0.15, 0.2) is 28.2 Å². The number of carbonyl (C=O) groups excluding carboxylic acids is 1. The fraction of sp³-hybridized carbons (Fsp3) is 0.385. The Morgan fingerprint density at radius 2 is 2.44 bits per heavy atom. The molecule has 18 heavy (non-hydrogen) atoms. The van der Waals surface area contributed by atoms with Crippen LogP contribution < -0.4 is 5.32 Å². The van der Waals surface area contributed by atoms with Crippen molar-refractivity contribution >= 4 is 17.2 Å². The predicted octanol–water partition coefficient (Wildman–Crippen LogP) is 2.82. The van der Waals surface area contributed by atoms with Crippen LogP contribution in [-0.2, 0) is 11.3 Å². The fourth-order valence-electron chi connectivity index (χ4n) is 1.89. The molecule has 1 amide bonds. The van der Waals surface area contributed by atoms with Crippen LogP contribution in [0.1, 0.15) is 25.0 Å². The van der Waals surface area contributed by atoms with Crippen LogP contribution >= 0.6 is 11.3 Å². The standard InChI is InChI=1S/C13H14N2O2S/c16-12(9-3-1-4-9)14-7-10-8-17-13(15-10)11-5-2-6-18-11/h2,5-6,8-9H,1,3-4,7H2,(H,14,16). The highest BCUT2D eigenvalue weighted by molar-refractivity contribution is 7.13. The molecule has 3 rings (SSSR count). The second kappa shape index (κ2) is 4.94. The van der Waals surface area contributed by atoms with Crippen LogP contribution in [0, 0.1) is 5.92 Å². The van der Waals surface area contributed by atoms with Gasteiger partial charge in [-0.3, -0.25) is 4.79 Å². The molecule has 94 valence electrons. The first-order valence-corrected chi connectivity index (χ1v) is 6.97. The van der Waals surface area contributed by atoms with Gasteiger partial charge in [0.1, 0.15) is 6.26 Å². The summed E-state index contributed by atoms with van der Waals surface area (Å²) in [7, 11) is 0. The molecule has 0 spiro atoms. The lowest BCUT2D eigenvalue weighted by Gasteiger charge is -2.23. The summed E-state index contributed by atoms with van der Waals surface area (Å²) in [6.45, 7) is 0.449. The van der Waals surface area contributed by atoms with Gasteiger partial charge in [0.15, 0.2) is 0 Å². The number of nitrogens with one attached hydrogen (secondary N) is 1. The van der Waals surface area contributed by atoms with E-state index in [1.165, 1.54) is 6.42 Å². The summed E-state index contributed by atoms with van der Waals surface area (Å²) < 4.78 is 5.39. The van der Waals surface area contributed by atoms with Gasteiger partial charge in [0.25, 0.3) is 0 Å². The number of hydrogen-bond donors (Lipinski definition) is 1. The molecule has 2 heterocycles. The Kier molecular flexibility index (Phi) is 3.15. The van der Waals surface area contributed by atoms with Crippen molar-refractivity contribution in [3.05, 3.63) is 29.5 Å². The highest BCUT2D eigenvalue weighted by atomic mass is 32.1. The van der Waals surface area contributed by atoms with Gasteiger partial charge < -0.3 is 9.73 Å². The Bertz CT molecular complexity index is 529. The van der Waals surface area contributed by atoms with Gasteiger partial charge in [0, 0.05) is 5.92 Å². The highest BCUT2D eigenvalue weighted by Gasteiger charge is 2.24. The first-order valence-electron chi connectivity index (χ1n) is 6.09. The van der Waals surface area contributed by atoms with Gasteiger partial charge in [0.05, 0.1) is 17.1 Å². The second-order valence-corrected chi connectivity index (χ2v) is 5.41. The van der Waals surface area contributed by atoms with Gasteiger partial charge in [0.2, 0.25) is 11.8 Å². The van der Waals surface area contributed by atoms with E-state index in [9.17, 15) is 4.79 Å². The molecule has 0 saturated heterocycles. The predicted molar refractivity (Wildman–Crippen MR) is 69.0 cm³/mol. The monoisotopic (exact) mass is 262 g/mol. The lowest BCUT2D eigenvalue weighted by molar-refractivity contribution is -0.127. The summed E-state index contributed by atoms with van der Waals surface area (Å²) in [5, 5.41) is 4.89. The Morgan fingerprint density at radius 3 is 3.11 bits per heavy atom. The zero-order valence-electron chi connectivity index (χ0n) is 9.89. The average molecular weight is 262 g/mol. The zero-order chi connectivity index (χ0) is 12.4. The van der Waals surface area contributed by atoms with Gasteiger partial charge in [-0.15, -0.1) is 11.3 Å². The maximum absolute atomic E-state index is 11.7. The average Bonchev–Trinajstić information content (AvgIpc) is 2.94. The second-order valence-electron chi connectivity index (χ2n) is 4.47. The molecule has 2 aromatic rings. The molecule has 1 saturated carbocycles. The summed E-state index contributed by atoms with van der Waals surface area (Å²) >= 11 is 1.59. The van der Waals surface area contributed by atoms with E-state index < -0.39 is 0 Å². The van der Waals surface area contributed by atoms with Crippen molar-refractivity contribution in [2.45, 2.75) is 25.8 Å². The molecule has 1 fully saturated rings. The lowest BCUT2D eigenvalue weighted by Crippen LogP contribution is -2.34. The number of hydrogen-bond acceptors (Lipinski definition) is 4. The topological polar surface area (TPSA) is 55.1 Å². The third kappa shape index (κ3) is 2.31. The normalized spacial score (nSPS) is 15.3. The molecule has 0 aromatic carbocycles. The third-order valence-corrected chi connectivity index (χ3v) is 4.06. The molecule has 0 unspecified atom stereocenters. The van der Waals surface area contributed by atoms with Gasteiger partial charge in [-0.05, 0) is 24.3 Å². The van der Waals surface area contributed by atoms with Crippen molar-refractivity contribution in [1.29, 1.82) is 0 Å². The quantitative estimate of drug-likeness (QED) is 0.921. The SMILES string of the molecule is O=C(NCc1coc(-c2cccs2)n1)C1CCC1. The largest absolute Gasteiger partial charge is 0.443 e. The number of rotatable bonds is 4. The molecule has 0 radical (unpaired) electrons. The summed E-state index contributed by atoms with van der Waals surface area (Å²) in [6, 6.07) is 3.93. The molecular formula is C13H14N2O2S. The molecule has 1 aliphatic rings. The minimum atomic E-state index is 0.141. The third-order valence-electron chi connectivity index (χ3n) is 3.20. The van der Waals surface area contributed by atoms with Crippen molar-refractivity contribution in [1.82, 2.24) is 10.3 Å². The molecular weight excluding hydrogens is 248 g/mol.